The molecule has 0 radical (unpaired) electrons. The summed E-state index contributed by atoms with van der Waals surface area (Å²) in [5, 5.41) is 10.0. The van der Waals surface area contributed by atoms with E-state index in [2.05, 4.69) is 50.3 Å². The minimum absolute atomic E-state index is 0.129. The third kappa shape index (κ3) is 38.6. The number of aliphatic hydroxyl groups is 1. The summed E-state index contributed by atoms with van der Waals surface area (Å²) < 4.78 is 10.3. The highest BCUT2D eigenvalue weighted by Gasteiger charge is 2.12. The van der Waals surface area contributed by atoms with Crippen LogP contribution in [0, 0.1) is 0 Å². The fourth-order valence-corrected chi connectivity index (χ4v) is 5.75. The Hall–Kier alpha value is -1.88. The van der Waals surface area contributed by atoms with E-state index in [1.54, 1.807) is 0 Å². The van der Waals surface area contributed by atoms with Gasteiger partial charge in [0.25, 0.3) is 0 Å². The van der Waals surface area contributed by atoms with Crippen molar-refractivity contribution in [3.63, 3.8) is 0 Å². The van der Waals surface area contributed by atoms with Gasteiger partial charge < -0.3 is 14.6 Å². The number of esters is 2. The number of allylic oxidation sites excluding steroid dienone is 6. The van der Waals surface area contributed by atoms with E-state index in [0.29, 0.717) is 19.3 Å². The summed E-state index contributed by atoms with van der Waals surface area (Å²) in [4.78, 5) is 23.9. The number of unbranched alkanes of at least 4 members (excludes halogenated alkanes) is 23. The van der Waals surface area contributed by atoms with Crippen molar-refractivity contribution >= 4 is 11.9 Å². The van der Waals surface area contributed by atoms with Crippen LogP contribution in [0.4, 0.5) is 0 Å². The summed E-state index contributed by atoms with van der Waals surface area (Å²) in [5.41, 5.74) is 0. The first-order valence-electron chi connectivity index (χ1n) is 20.5. The zero-order valence-corrected chi connectivity index (χ0v) is 31.7. The molecule has 0 aromatic rings. The molecule has 48 heavy (non-hydrogen) atoms. The second kappa shape index (κ2) is 39.6. The molecule has 280 valence electrons. The maximum atomic E-state index is 12.0. The third-order valence-electron chi connectivity index (χ3n) is 8.88. The van der Waals surface area contributed by atoms with Crippen LogP contribution >= 0.6 is 0 Å². The van der Waals surface area contributed by atoms with Crippen molar-refractivity contribution in [3.8, 4) is 0 Å². The fraction of sp³-hybridized carbons (Fsp3) is 0.814. The average molecular weight is 675 g/mol. The number of hydrogen-bond donors (Lipinski definition) is 1. The molecule has 1 atom stereocenters. The lowest BCUT2D eigenvalue weighted by Crippen LogP contribution is -2.25. The molecule has 0 saturated heterocycles. The van der Waals surface area contributed by atoms with Crippen LogP contribution in [0.1, 0.15) is 206 Å². The molecule has 0 aliphatic heterocycles. The Balaban J connectivity index is 3.49. The molecule has 0 spiro atoms. The lowest BCUT2D eigenvalue weighted by atomic mass is 10.0. The molecule has 0 aliphatic rings. The topological polar surface area (TPSA) is 72.8 Å². The first-order valence-corrected chi connectivity index (χ1v) is 20.5. The molecule has 5 heteroatoms. The summed E-state index contributed by atoms with van der Waals surface area (Å²) >= 11 is 0. The lowest BCUT2D eigenvalue weighted by Gasteiger charge is -2.12. The van der Waals surface area contributed by atoms with Gasteiger partial charge >= 0.3 is 11.9 Å². The smallest absolute Gasteiger partial charge is 0.305 e. The lowest BCUT2D eigenvalue weighted by molar-refractivity contribution is -0.152. The summed E-state index contributed by atoms with van der Waals surface area (Å²) in [7, 11) is 0. The maximum absolute atomic E-state index is 12.0. The molecule has 5 nitrogen and oxygen atoms in total. The van der Waals surface area contributed by atoms with E-state index in [4.69, 9.17) is 9.47 Å². The van der Waals surface area contributed by atoms with Crippen LogP contribution in [0.2, 0.25) is 0 Å². The van der Waals surface area contributed by atoms with Crippen molar-refractivity contribution in [2.75, 3.05) is 13.2 Å². The van der Waals surface area contributed by atoms with E-state index in [1.807, 2.05) is 0 Å². The molecule has 1 N–H and O–H groups in total. The second-order valence-corrected chi connectivity index (χ2v) is 13.8. The zero-order chi connectivity index (χ0) is 35.0. The van der Waals surface area contributed by atoms with Crippen LogP contribution in [-0.2, 0) is 19.1 Å². The van der Waals surface area contributed by atoms with E-state index in [0.717, 1.165) is 38.5 Å². The second-order valence-electron chi connectivity index (χ2n) is 13.8. The van der Waals surface area contributed by atoms with Gasteiger partial charge in [-0.2, -0.15) is 0 Å². The minimum atomic E-state index is -0.981. The van der Waals surface area contributed by atoms with Crippen LogP contribution in [0.5, 0.6) is 0 Å². The largest absolute Gasteiger partial charge is 0.463 e. The monoisotopic (exact) mass is 675 g/mol. The quantitative estimate of drug-likeness (QED) is 0.0403. The van der Waals surface area contributed by atoms with Gasteiger partial charge in [-0.25, -0.2) is 0 Å². The minimum Gasteiger partial charge on any atom is -0.463 e. The SMILES string of the molecule is CCCCCCCC/C=C\C/C=C\C/C=C\CCCC(=O)OC[C@H](O)COC(=O)CCCCCCCCCCCCCCCCCCC. The Kier molecular flexibility index (Phi) is 38.0. The normalized spacial score (nSPS) is 12.5. The number of carbonyl (C=O) groups is 2. The highest BCUT2D eigenvalue weighted by Crippen LogP contribution is 2.14. The van der Waals surface area contributed by atoms with Crippen molar-refractivity contribution in [2.24, 2.45) is 0 Å². The first-order chi connectivity index (χ1) is 23.6. The van der Waals surface area contributed by atoms with Crippen LogP contribution in [0.3, 0.4) is 0 Å². The predicted octanol–water partition coefficient (Wildman–Crippen LogP) is 12.8. The van der Waals surface area contributed by atoms with Gasteiger partial charge in [-0.15, -0.1) is 0 Å². The van der Waals surface area contributed by atoms with Gasteiger partial charge in [0.2, 0.25) is 0 Å². The van der Waals surface area contributed by atoms with Crippen LogP contribution < -0.4 is 0 Å². The summed E-state index contributed by atoms with van der Waals surface area (Å²) in [6.45, 7) is 4.26. The van der Waals surface area contributed by atoms with E-state index in [-0.39, 0.29) is 25.2 Å². The van der Waals surface area contributed by atoms with Gasteiger partial charge in [-0.3, -0.25) is 9.59 Å². The molecule has 0 amide bonds. The number of hydrogen-bond acceptors (Lipinski definition) is 5. The maximum Gasteiger partial charge on any atom is 0.305 e. The third-order valence-corrected chi connectivity index (χ3v) is 8.88. The molecular formula is C43H78O5. The van der Waals surface area contributed by atoms with Crippen molar-refractivity contribution in [1.82, 2.24) is 0 Å². The Labute approximate surface area is 297 Å². The predicted molar refractivity (Wildman–Crippen MR) is 205 cm³/mol. The molecule has 0 saturated carbocycles. The number of ether oxygens (including phenoxy) is 2. The summed E-state index contributed by atoms with van der Waals surface area (Å²) in [6, 6.07) is 0. The molecular weight excluding hydrogens is 596 g/mol. The van der Waals surface area contributed by atoms with E-state index in [9.17, 15) is 14.7 Å². The van der Waals surface area contributed by atoms with Gasteiger partial charge in [0.1, 0.15) is 19.3 Å². The van der Waals surface area contributed by atoms with Gasteiger partial charge in [-0.05, 0) is 44.9 Å². The fourth-order valence-electron chi connectivity index (χ4n) is 5.75. The Morgan fingerprint density at radius 3 is 1.17 bits per heavy atom. The van der Waals surface area contributed by atoms with Gasteiger partial charge in [0.05, 0.1) is 0 Å². The molecule has 0 heterocycles. The number of rotatable bonds is 37. The molecule has 0 bridgehead atoms. The van der Waals surface area contributed by atoms with E-state index >= 15 is 0 Å². The highest BCUT2D eigenvalue weighted by molar-refractivity contribution is 5.69. The zero-order valence-electron chi connectivity index (χ0n) is 31.7. The van der Waals surface area contributed by atoms with Crippen LogP contribution in [-0.4, -0.2) is 36.4 Å². The van der Waals surface area contributed by atoms with Crippen molar-refractivity contribution in [1.29, 1.82) is 0 Å². The number of carbonyl (C=O) groups excluding carboxylic acids is 2. The van der Waals surface area contributed by atoms with Crippen molar-refractivity contribution < 1.29 is 24.2 Å². The summed E-state index contributed by atoms with van der Waals surface area (Å²) in [5.74, 6) is -0.618. The highest BCUT2D eigenvalue weighted by atomic mass is 16.6. The average Bonchev–Trinajstić information content (AvgIpc) is 3.09. The molecule has 0 rings (SSSR count). The van der Waals surface area contributed by atoms with E-state index < -0.39 is 6.10 Å². The molecule has 0 aromatic carbocycles. The summed E-state index contributed by atoms with van der Waals surface area (Å²) in [6.07, 6.45) is 47.8. The van der Waals surface area contributed by atoms with Crippen molar-refractivity contribution in [2.45, 2.75) is 213 Å². The van der Waals surface area contributed by atoms with Gasteiger partial charge in [0.15, 0.2) is 0 Å². The Morgan fingerprint density at radius 1 is 0.438 bits per heavy atom. The molecule has 0 aromatic heterocycles. The number of aliphatic hydroxyl groups excluding tert-OH is 1. The molecule has 0 fully saturated rings. The Morgan fingerprint density at radius 2 is 0.750 bits per heavy atom. The van der Waals surface area contributed by atoms with Crippen LogP contribution in [0.25, 0.3) is 0 Å². The van der Waals surface area contributed by atoms with Gasteiger partial charge in [0, 0.05) is 12.8 Å². The molecule has 0 aliphatic carbocycles. The van der Waals surface area contributed by atoms with E-state index in [1.165, 1.54) is 135 Å². The standard InChI is InChI=1S/C43H78O5/c1-3-5-7-9-11-13-15-17-19-21-23-25-27-29-31-33-35-37-42(45)47-39-41(44)40-48-43(46)38-36-34-32-30-28-26-24-22-20-18-16-14-12-10-8-6-4-2/h17,19,23,25,29,31,41,44H,3-16,18,20-22,24,26-28,30,32-40H2,1-2H3/b19-17-,25-23-,31-29-/t41-/m0/s1. The van der Waals surface area contributed by atoms with Crippen molar-refractivity contribution in [3.05, 3.63) is 36.5 Å². The Bertz CT molecular complexity index is 771. The molecule has 0 unspecified atom stereocenters. The van der Waals surface area contributed by atoms with Crippen LogP contribution in [0.15, 0.2) is 36.5 Å². The van der Waals surface area contributed by atoms with Gasteiger partial charge in [-0.1, -0.05) is 185 Å². The first kappa shape index (κ1) is 46.1.